The first-order valence-corrected chi connectivity index (χ1v) is 3.62. The fraction of sp³-hybridized carbons (Fsp3) is 0.714. The number of hydrogen-bond acceptors (Lipinski definition) is 3. The van der Waals surface area contributed by atoms with Crippen LogP contribution in [0.1, 0.15) is 0 Å². The maximum Gasteiger partial charge on any atom is 0.201 e. The molecule has 2 aliphatic heterocycles. The van der Waals surface area contributed by atoms with Gasteiger partial charge in [0.05, 0.1) is 12.6 Å². The van der Waals surface area contributed by atoms with E-state index in [9.17, 15) is 0 Å². The number of rotatable bonds is 2. The van der Waals surface area contributed by atoms with Crippen LogP contribution in [0.15, 0.2) is 4.99 Å². The van der Waals surface area contributed by atoms with Gasteiger partial charge in [0.25, 0.3) is 0 Å². The van der Waals surface area contributed by atoms with Crippen LogP contribution in [0.2, 0.25) is 0 Å². The molecule has 55 valence electrons. The summed E-state index contributed by atoms with van der Waals surface area (Å²) in [5.41, 5.74) is 0. The summed E-state index contributed by atoms with van der Waals surface area (Å²) in [7, 11) is 0. The molecule has 1 fully saturated rings. The van der Waals surface area contributed by atoms with E-state index in [1.807, 2.05) is 0 Å². The van der Waals surface area contributed by atoms with Crippen molar-refractivity contribution in [2.75, 3.05) is 26.2 Å². The van der Waals surface area contributed by atoms with Crippen molar-refractivity contribution in [3.8, 4) is 0 Å². The van der Waals surface area contributed by atoms with Crippen LogP contribution in [-0.4, -0.2) is 43.1 Å². The van der Waals surface area contributed by atoms with Gasteiger partial charge in [0.1, 0.15) is 6.61 Å². The maximum atomic E-state index is 5.26. The molecule has 0 aliphatic carbocycles. The average Bonchev–Trinajstić information content (AvgIpc) is 2.65. The Bertz CT molecular complexity index is 163. The lowest BCUT2D eigenvalue weighted by atomic mass is 10.3. The third-order valence-electron chi connectivity index (χ3n) is 1.82. The minimum atomic E-state index is 0.183. The molecule has 1 saturated heterocycles. The van der Waals surface area contributed by atoms with E-state index in [-0.39, 0.29) is 6.04 Å². The van der Waals surface area contributed by atoms with E-state index >= 15 is 0 Å². The molecule has 2 aliphatic rings. The van der Waals surface area contributed by atoms with Crippen molar-refractivity contribution in [2.24, 2.45) is 4.99 Å². The summed E-state index contributed by atoms with van der Waals surface area (Å²) >= 11 is 0. The zero-order chi connectivity index (χ0) is 6.97. The Hall–Kier alpha value is -0.570. The van der Waals surface area contributed by atoms with Crippen LogP contribution < -0.4 is 0 Å². The van der Waals surface area contributed by atoms with Crippen LogP contribution in [0.5, 0.6) is 0 Å². The highest BCUT2D eigenvalue weighted by molar-refractivity contribution is 5.83. The minimum absolute atomic E-state index is 0.183. The van der Waals surface area contributed by atoms with Crippen LogP contribution in [0.3, 0.4) is 0 Å². The molecule has 1 unspecified atom stereocenters. The normalized spacial score (nSPS) is 27.5. The molecule has 3 heteroatoms. The van der Waals surface area contributed by atoms with E-state index < -0.39 is 0 Å². The summed E-state index contributed by atoms with van der Waals surface area (Å²) in [6.45, 7) is 7.81. The molecule has 0 amide bonds. The lowest BCUT2D eigenvalue weighted by molar-refractivity contribution is 0.320. The molecule has 0 bridgehead atoms. The van der Waals surface area contributed by atoms with Gasteiger partial charge in [-0.05, 0) is 6.92 Å². The molecule has 2 rings (SSSR count). The standard InChI is InChI=1S/C7H11N2O/c1-6(9-3-4-9)7-8-2-5-10-7/h6H,1-5H2. The monoisotopic (exact) mass is 139 g/mol. The molecule has 3 nitrogen and oxygen atoms in total. The molecule has 0 aromatic rings. The molecule has 2 heterocycles. The van der Waals surface area contributed by atoms with Crippen molar-refractivity contribution >= 4 is 5.90 Å². The van der Waals surface area contributed by atoms with E-state index in [2.05, 4.69) is 16.8 Å². The quantitative estimate of drug-likeness (QED) is 0.500. The second kappa shape index (κ2) is 2.23. The van der Waals surface area contributed by atoms with Crippen molar-refractivity contribution in [1.29, 1.82) is 0 Å². The predicted molar refractivity (Wildman–Crippen MR) is 39.0 cm³/mol. The van der Waals surface area contributed by atoms with Crippen LogP contribution >= 0.6 is 0 Å². The van der Waals surface area contributed by atoms with E-state index in [0.29, 0.717) is 0 Å². The number of hydrogen-bond donors (Lipinski definition) is 0. The van der Waals surface area contributed by atoms with Crippen molar-refractivity contribution in [3.63, 3.8) is 0 Å². The Balaban J connectivity index is 1.95. The molecule has 0 spiro atoms. The Morgan fingerprint density at radius 2 is 2.40 bits per heavy atom. The number of aliphatic imine (C=N–C) groups is 1. The molecular formula is C7H11N2O. The smallest absolute Gasteiger partial charge is 0.201 e. The van der Waals surface area contributed by atoms with Gasteiger partial charge in [0.15, 0.2) is 0 Å². The zero-order valence-corrected chi connectivity index (χ0v) is 5.92. The van der Waals surface area contributed by atoms with Gasteiger partial charge in [-0.1, -0.05) is 0 Å². The van der Waals surface area contributed by atoms with E-state index in [0.717, 1.165) is 32.1 Å². The van der Waals surface area contributed by atoms with Gasteiger partial charge in [-0.25, -0.2) is 0 Å². The van der Waals surface area contributed by atoms with Crippen molar-refractivity contribution < 1.29 is 4.74 Å². The first-order valence-electron chi connectivity index (χ1n) is 3.62. The second-order valence-corrected chi connectivity index (χ2v) is 2.62. The third-order valence-corrected chi connectivity index (χ3v) is 1.82. The van der Waals surface area contributed by atoms with Crippen molar-refractivity contribution in [2.45, 2.75) is 6.04 Å². The van der Waals surface area contributed by atoms with Crippen molar-refractivity contribution in [1.82, 2.24) is 4.90 Å². The molecule has 10 heavy (non-hydrogen) atoms. The Morgan fingerprint density at radius 1 is 1.60 bits per heavy atom. The minimum Gasteiger partial charge on any atom is -0.478 e. The second-order valence-electron chi connectivity index (χ2n) is 2.62. The van der Waals surface area contributed by atoms with Gasteiger partial charge in [0, 0.05) is 13.1 Å². The number of nitrogens with zero attached hydrogens (tertiary/aromatic N) is 2. The summed E-state index contributed by atoms with van der Waals surface area (Å²) < 4.78 is 5.26. The highest BCUT2D eigenvalue weighted by atomic mass is 16.5. The van der Waals surface area contributed by atoms with E-state index in [1.54, 1.807) is 0 Å². The fourth-order valence-corrected chi connectivity index (χ4v) is 1.08. The largest absolute Gasteiger partial charge is 0.478 e. The molecule has 0 saturated carbocycles. The first-order chi connectivity index (χ1) is 4.88. The first kappa shape index (κ1) is 6.16. The zero-order valence-electron chi connectivity index (χ0n) is 5.92. The SMILES string of the molecule is [CH2]C(C1=NCCO1)N1CC1. The summed E-state index contributed by atoms with van der Waals surface area (Å²) in [4.78, 5) is 6.41. The van der Waals surface area contributed by atoms with Gasteiger partial charge in [-0.15, -0.1) is 0 Å². The fourth-order valence-electron chi connectivity index (χ4n) is 1.08. The van der Waals surface area contributed by atoms with Crippen molar-refractivity contribution in [3.05, 3.63) is 6.92 Å². The number of ether oxygens (including phenoxy) is 1. The molecular weight excluding hydrogens is 128 g/mol. The van der Waals surface area contributed by atoms with Gasteiger partial charge >= 0.3 is 0 Å². The molecule has 1 radical (unpaired) electrons. The van der Waals surface area contributed by atoms with Crippen LogP contribution in [0, 0.1) is 6.92 Å². The molecule has 0 N–H and O–H groups in total. The van der Waals surface area contributed by atoms with Gasteiger partial charge in [-0.3, -0.25) is 9.89 Å². The lowest BCUT2D eigenvalue weighted by Gasteiger charge is -2.10. The summed E-state index contributed by atoms with van der Waals surface area (Å²) in [5, 5.41) is 0. The highest BCUT2D eigenvalue weighted by Gasteiger charge is 2.29. The Labute approximate surface area is 60.7 Å². The van der Waals surface area contributed by atoms with Gasteiger partial charge in [0.2, 0.25) is 5.90 Å². The molecule has 1 atom stereocenters. The topological polar surface area (TPSA) is 24.6 Å². The average molecular weight is 139 g/mol. The Kier molecular flexibility index (Phi) is 1.38. The van der Waals surface area contributed by atoms with Crippen LogP contribution in [0.4, 0.5) is 0 Å². The van der Waals surface area contributed by atoms with E-state index in [4.69, 9.17) is 4.74 Å². The maximum absolute atomic E-state index is 5.26. The van der Waals surface area contributed by atoms with Gasteiger partial charge < -0.3 is 4.74 Å². The Morgan fingerprint density at radius 3 is 2.90 bits per heavy atom. The lowest BCUT2D eigenvalue weighted by Crippen LogP contribution is -2.26. The van der Waals surface area contributed by atoms with Crippen LogP contribution in [0.25, 0.3) is 0 Å². The third kappa shape index (κ3) is 1.01. The molecule has 0 aromatic heterocycles. The highest BCUT2D eigenvalue weighted by Crippen LogP contribution is 2.13. The van der Waals surface area contributed by atoms with Gasteiger partial charge in [-0.2, -0.15) is 0 Å². The molecule has 0 aromatic carbocycles. The predicted octanol–water partition coefficient (Wildman–Crippen LogP) is -0.0666. The summed E-state index contributed by atoms with van der Waals surface area (Å²) in [6.07, 6.45) is 0. The summed E-state index contributed by atoms with van der Waals surface area (Å²) in [5.74, 6) is 0.831. The van der Waals surface area contributed by atoms with E-state index in [1.165, 1.54) is 0 Å². The van der Waals surface area contributed by atoms with Crippen LogP contribution in [-0.2, 0) is 4.74 Å². The summed E-state index contributed by atoms with van der Waals surface area (Å²) in [6, 6.07) is 0.183.